The molecule has 0 unspecified atom stereocenters. The van der Waals surface area contributed by atoms with E-state index in [2.05, 4.69) is 49.9 Å². The third kappa shape index (κ3) is 2.07. The molecule has 1 aromatic carbocycles. The van der Waals surface area contributed by atoms with Crippen LogP contribution in [0.4, 0.5) is 0 Å². The van der Waals surface area contributed by atoms with Crippen LogP contribution in [0.25, 0.3) is 0 Å². The third-order valence-corrected chi connectivity index (χ3v) is 3.85. The second kappa shape index (κ2) is 3.97. The first-order chi connectivity index (χ1) is 7.13. The molecule has 1 heteroatoms. The van der Waals surface area contributed by atoms with Crippen molar-refractivity contribution < 1.29 is 0 Å². The smallest absolute Gasteiger partial charge is 0.0241 e. The molecule has 1 aromatic rings. The van der Waals surface area contributed by atoms with Gasteiger partial charge in [-0.25, -0.2) is 0 Å². The van der Waals surface area contributed by atoms with Gasteiger partial charge in [0.1, 0.15) is 0 Å². The van der Waals surface area contributed by atoms with E-state index in [0.29, 0.717) is 5.54 Å². The zero-order chi connectivity index (χ0) is 10.9. The van der Waals surface area contributed by atoms with Gasteiger partial charge in [-0.15, -0.1) is 0 Å². The summed E-state index contributed by atoms with van der Waals surface area (Å²) in [5.74, 6) is 0. The molecule has 0 saturated heterocycles. The highest BCUT2D eigenvalue weighted by Gasteiger charge is 2.27. The van der Waals surface area contributed by atoms with Crippen LogP contribution in [0.3, 0.4) is 0 Å². The fourth-order valence-electron chi connectivity index (χ4n) is 2.24. The van der Waals surface area contributed by atoms with Gasteiger partial charge in [0, 0.05) is 18.6 Å². The van der Waals surface area contributed by atoms with Crippen molar-refractivity contribution in [3.8, 4) is 0 Å². The van der Waals surface area contributed by atoms with Gasteiger partial charge >= 0.3 is 0 Å². The van der Waals surface area contributed by atoms with Crippen molar-refractivity contribution >= 4 is 0 Å². The Kier molecular flexibility index (Phi) is 2.83. The monoisotopic (exact) mass is 203 g/mol. The Morgan fingerprint density at radius 2 is 1.87 bits per heavy atom. The molecule has 1 aliphatic heterocycles. The van der Waals surface area contributed by atoms with Crippen LogP contribution in [0.15, 0.2) is 24.3 Å². The summed E-state index contributed by atoms with van der Waals surface area (Å²) in [6, 6.07) is 8.85. The van der Waals surface area contributed by atoms with Crippen LogP contribution in [-0.2, 0) is 13.0 Å². The van der Waals surface area contributed by atoms with Gasteiger partial charge in [0.25, 0.3) is 0 Å². The Labute approximate surface area is 93.1 Å². The van der Waals surface area contributed by atoms with Gasteiger partial charge in [-0.1, -0.05) is 31.2 Å². The lowest BCUT2D eigenvalue weighted by Crippen LogP contribution is -2.46. The SMILES string of the molecule is CCC(C)(C)N1CCc2ccccc2C1. The van der Waals surface area contributed by atoms with E-state index in [1.807, 2.05) is 0 Å². The second-order valence-electron chi connectivity index (χ2n) is 5.11. The first-order valence-corrected chi connectivity index (χ1v) is 5.95. The molecule has 0 fully saturated rings. The standard InChI is InChI=1S/C14H21N/c1-4-14(2,3)15-10-9-12-7-5-6-8-13(12)11-15/h5-8H,4,9-11H2,1-3H3. The fourth-order valence-corrected chi connectivity index (χ4v) is 2.24. The molecule has 15 heavy (non-hydrogen) atoms. The van der Waals surface area contributed by atoms with Crippen LogP contribution in [-0.4, -0.2) is 17.0 Å². The maximum Gasteiger partial charge on any atom is 0.0241 e. The lowest BCUT2D eigenvalue weighted by atomic mass is 9.92. The predicted molar refractivity (Wildman–Crippen MR) is 64.9 cm³/mol. The minimum Gasteiger partial charge on any atom is -0.294 e. The van der Waals surface area contributed by atoms with Crippen LogP contribution in [0.1, 0.15) is 38.3 Å². The summed E-state index contributed by atoms with van der Waals surface area (Å²) in [4.78, 5) is 2.61. The molecule has 0 amide bonds. The summed E-state index contributed by atoms with van der Waals surface area (Å²) in [6.07, 6.45) is 2.43. The van der Waals surface area contributed by atoms with E-state index in [0.717, 1.165) is 6.54 Å². The van der Waals surface area contributed by atoms with Gasteiger partial charge in [-0.2, -0.15) is 0 Å². The molecular weight excluding hydrogens is 182 g/mol. The summed E-state index contributed by atoms with van der Waals surface area (Å²) >= 11 is 0. The number of benzene rings is 1. The van der Waals surface area contributed by atoms with E-state index in [-0.39, 0.29) is 0 Å². The lowest BCUT2D eigenvalue weighted by molar-refractivity contribution is 0.100. The zero-order valence-electron chi connectivity index (χ0n) is 10.1. The summed E-state index contributed by atoms with van der Waals surface area (Å²) < 4.78 is 0. The molecule has 0 atom stereocenters. The van der Waals surface area contributed by atoms with E-state index in [4.69, 9.17) is 0 Å². The van der Waals surface area contributed by atoms with Crippen LogP contribution >= 0.6 is 0 Å². The summed E-state index contributed by atoms with van der Waals surface area (Å²) in [5, 5.41) is 0. The summed E-state index contributed by atoms with van der Waals surface area (Å²) in [7, 11) is 0. The molecule has 0 bridgehead atoms. The Balaban J connectivity index is 2.19. The molecule has 0 spiro atoms. The largest absolute Gasteiger partial charge is 0.294 e. The predicted octanol–water partition coefficient (Wildman–Crippen LogP) is 3.23. The van der Waals surface area contributed by atoms with Crippen LogP contribution < -0.4 is 0 Å². The minimum absolute atomic E-state index is 0.341. The van der Waals surface area contributed by atoms with E-state index >= 15 is 0 Å². The Hall–Kier alpha value is -0.820. The molecule has 0 aliphatic carbocycles. The van der Waals surface area contributed by atoms with Crippen molar-refractivity contribution in [2.24, 2.45) is 0 Å². The van der Waals surface area contributed by atoms with Gasteiger partial charge in [0.05, 0.1) is 0 Å². The average Bonchev–Trinajstić information content (AvgIpc) is 2.28. The molecule has 2 rings (SSSR count). The van der Waals surface area contributed by atoms with Crippen molar-refractivity contribution in [1.29, 1.82) is 0 Å². The summed E-state index contributed by atoms with van der Waals surface area (Å²) in [5.41, 5.74) is 3.40. The highest BCUT2D eigenvalue weighted by Crippen LogP contribution is 2.26. The second-order valence-corrected chi connectivity index (χ2v) is 5.11. The van der Waals surface area contributed by atoms with E-state index in [1.54, 1.807) is 5.56 Å². The van der Waals surface area contributed by atoms with Crippen molar-refractivity contribution in [2.75, 3.05) is 6.54 Å². The number of rotatable bonds is 2. The maximum atomic E-state index is 2.61. The van der Waals surface area contributed by atoms with Crippen molar-refractivity contribution in [1.82, 2.24) is 4.90 Å². The van der Waals surface area contributed by atoms with Gasteiger partial charge < -0.3 is 0 Å². The molecular formula is C14H21N. The minimum atomic E-state index is 0.341. The quantitative estimate of drug-likeness (QED) is 0.713. The molecule has 0 aromatic heterocycles. The molecule has 1 nitrogen and oxygen atoms in total. The van der Waals surface area contributed by atoms with E-state index in [1.165, 1.54) is 24.9 Å². The van der Waals surface area contributed by atoms with Crippen LogP contribution in [0.5, 0.6) is 0 Å². The molecule has 0 saturated carbocycles. The first-order valence-electron chi connectivity index (χ1n) is 5.95. The summed E-state index contributed by atoms with van der Waals surface area (Å²) in [6.45, 7) is 9.30. The Bertz CT molecular complexity index is 341. The van der Waals surface area contributed by atoms with Gasteiger partial charge in [-0.05, 0) is 37.8 Å². The van der Waals surface area contributed by atoms with Gasteiger partial charge in [0.2, 0.25) is 0 Å². The molecule has 82 valence electrons. The van der Waals surface area contributed by atoms with Crippen molar-refractivity contribution in [3.63, 3.8) is 0 Å². The maximum absolute atomic E-state index is 2.61. The highest BCUT2D eigenvalue weighted by atomic mass is 15.2. The van der Waals surface area contributed by atoms with Gasteiger partial charge in [0.15, 0.2) is 0 Å². The topological polar surface area (TPSA) is 3.24 Å². The van der Waals surface area contributed by atoms with Gasteiger partial charge in [-0.3, -0.25) is 4.90 Å². The van der Waals surface area contributed by atoms with Crippen molar-refractivity contribution in [2.45, 2.75) is 45.7 Å². The first kappa shape index (κ1) is 10.7. The van der Waals surface area contributed by atoms with Crippen LogP contribution in [0.2, 0.25) is 0 Å². The highest BCUT2D eigenvalue weighted by molar-refractivity contribution is 5.29. The average molecular weight is 203 g/mol. The zero-order valence-corrected chi connectivity index (χ0v) is 10.1. The van der Waals surface area contributed by atoms with E-state index in [9.17, 15) is 0 Å². The number of fused-ring (bicyclic) bond motifs is 1. The molecule has 0 N–H and O–H groups in total. The molecule has 1 aliphatic rings. The lowest BCUT2D eigenvalue weighted by Gasteiger charge is -2.41. The third-order valence-electron chi connectivity index (χ3n) is 3.85. The van der Waals surface area contributed by atoms with E-state index < -0.39 is 0 Å². The normalized spacial score (nSPS) is 17.5. The molecule has 0 radical (unpaired) electrons. The van der Waals surface area contributed by atoms with Crippen molar-refractivity contribution in [3.05, 3.63) is 35.4 Å². The number of hydrogen-bond acceptors (Lipinski definition) is 1. The molecule has 1 heterocycles. The Morgan fingerprint density at radius 1 is 1.20 bits per heavy atom. The fraction of sp³-hybridized carbons (Fsp3) is 0.571. The number of hydrogen-bond donors (Lipinski definition) is 0. The Morgan fingerprint density at radius 3 is 2.53 bits per heavy atom. The number of nitrogens with zero attached hydrogens (tertiary/aromatic N) is 1. The van der Waals surface area contributed by atoms with Crippen LogP contribution in [0, 0.1) is 0 Å².